The van der Waals surface area contributed by atoms with Gasteiger partial charge in [0.15, 0.2) is 11.7 Å². The van der Waals surface area contributed by atoms with Gasteiger partial charge in [0.25, 0.3) is 0 Å². The van der Waals surface area contributed by atoms with Crippen LogP contribution in [0.25, 0.3) is 0 Å². The predicted molar refractivity (Wildman–Crippen MR) is 37.6 cm³/mol. The van der Waals surface area contributed by atoms with Crippen LogP contribution in [0.3, 0.4) is 0 Å². The van der Waals surface area contributed by atoms with Gasteiger partial charge in [0, 0.05) is 24.3 Å². The molecule has 0 fully saturated rings. The number of hydrogen-bond acceptors (Lipinski definition) is 2. The molecular weight excluding hydrogens is 244 g/mol. The standard InChI is InChI=1S/C4H6O2.4CO.Cr/c1-4(3-5)6-2;4*1-2;/h1-2H3;;;;;. The van der Waals surface area contributed by atoms with Crippen LogP contribution in [0.5, 0.6) is 0 Å². The molecule has 0 unspecified atom stereocenters. The van der Waals surface area contributed by atoms with Crippen LogP contribution in [0.4, 0.5) is 0 Å². The Labute approximate surface area is 98.3 Å². The quantitative estimate of drug-likeness (QED) is 0.287. The third-order valence-electron chi connectivity index (χ3n) is 0.450. The Hall–Kier alpha value is -1.26. The van der Waals surface area contributed by atoms with Crippen molar-refractivity contribution in [1.29, 1.82) is 0 Å². The van der Waals surface area contributed by atoms with Crippen molar-refractivity contribution < 1.29 is 45.5 Å². The summed E-state index contributed by atoms with van der Waals surface area (Å²) in [6, 6.07) is 0. The number of allylic oxidation sites excluding steroid dienone is 1. The summed E-state index contributed by atoms with van der Waals surface area (Å²) in [5.41, 5.74) is 0. The van der Waals surface area contributed by atoms with Gasteiger partial charge in [0.05, 0.1) is 7.11 Å². The van der Waals surface area contributed by atoms with Crippen LogP contribution in [-0.4, -0.2) is 13.1 Å². The first-order chi connectivity index (χ1) is 6.81. The van der Waals surface area contributed by atoms with E-state index in [9.17, 15) is 4.79 Å². The summed E-state index contributed by atoms with van der Waals surface area (Å²) in [6.07, 6.45) is 0. The average Bonchev–Trinajstić information content (AvgIpc) is 2.38. The van der Waals surface area contributed by atoms with E-state index in [-0.39, 0.29) is 23.1 Å². The first-order valence-electron chi connectivity index (χ1n) is 2.38. The molecule has 0 spiro atoms. The third kappa shape index (κ3) is 196. The van der Waals surface area contributed by atoms with E-state index in [1.807, 2.05) is 0 Å². The molecule has 7 heteroatoms. The van der Waals surface area contributed by atoms with Crippen LogP contribution < -0.4 is 0 Å². The molecule has 0 saturated heterocycles. The van der Waals surface area contributed by atoms with Crippen LogP contribution in [-0.2, 0) is 45.5 Å². The zero-order valence-electron chi connectivity index (χ0n) is 7.86. The summed E-state index contributed by atoms with van der Waals surface area (Å²) in [7, 11) is 1.43. The third-order valence-corrected chi connectivity index (χ3v) is 0.450. The Morgan fingerprint density at radius 2 is 1.20 bits per heavy atom. The molecule has 0 saturated carbocycles. The molecule has 0 N–H and O–H groups in total. The summed E-state index contributed by atoms with van der Waals surface area (Å²) in [4.78, 5) is 9.45. The first-order valence-corrected chi connectivity index (χ1v) is 2.38. The summed E-state index contributed by atoms with van der Waals surface area (Å²) in [6.45, 7) is 19.5. The number of ether oxygens (including phenoxy) is 1. The van der Waals surface area contributed by atoms with Gasteiger partial charge in [0.2, 0.25) is 0 Å². The summed E-state index contributed by atoms with van der Waals surface area (Å²) in [5.74, 6) is 1.85. The molecule has 0 aromatic heterocycles. The van der Waals surface area contributed by atoms with E-state index in [4.69, 9.17) is 18.6 Å². The fourth-order valence-corrected chi connectivity index (χ4v) is 0.0417. The van der Waals surface area contributed by atoms with Crippen molar-refractivity contribution in [3.8, 4) is 0 Å². The topological polar surface area (TPSA) is 106 Å². The van der Waals surface area contributed by atoms with Gasteiger partial charge >= 0.3 is 45.2 Å². The molecule has 0 aromatic carbocycles. The van der Waals surface area contributed by atoms with E-state index in [0.29, 0.717) is 0 Å². The minimum atomic E-state index is 0. The van der Waals surface area contributed by atoms with Gasteiger partial charge in [0.1, 0.15) is 0 Å². The smallest absolute Gasteiger partial charge is 0 e. The van der Waals surface area contributed by atoms with E-state index in [2.05, 4.69) is 31.3 Å². The van der Waals surface area contributed by atoms with Crippen LogP contribution >= 0.6 is 0 Å². The average molecular weight is 250 g/mol. The Bertz CT molecular complexity index is 184. The molecule has 0 rings (SSSR count). The van der Waals surface area contributed by atoms with Gasteiger partial charge in [-0.15, -0.1) is 0 Å². The number of carbonyl (C=O) groups excluding carboxylic acids is 1. The van der Waals surface area contributed by atoms with Crippen LogP contribution in [0.2, 0.25) is 0 Å². The van der Waals surface area contributed by atoms with Crippen LogP contribution in [0.15, 0.2) is 5.76 Å². The summed E-state index contributed by atoms with van der Waals surface area (Å²) >= 11 is 0. The van der Waals surface area contributed by atoms with Gasteiger partial charge in [-0.25, -0.2) is 4.79 Å². The van der Waals surface area contributed by atoms with Gasteiger partial charge < -0.3 is 4.74 Å². The van der Waals surface area contributed by atoms with Gasteiger partial charge in [-0.05, 0) is 0 Å². The molecule has 0 amide bonds. The van der Waals surface area contributed by atoms with E-state index >= 15 is 0 Å². The minimum absolute atomic E-state index is 0. The van der Waals surface area contributed by atoms with Crippen molar-refractivity contribution in [3.05, 3.63) is 32.4 Å². The van der Waals surface area contributed by atoms with Crippen molar-refractivity contribution in [2.24, 2.45) is 0 Å². The summed E-state index contributed by atoms with van der Waals surface area (Å²) < 4.78 is 34.4. The second kappa shape index (κ2) is 125. The van der Waals surface area contributed by atoms with Crippen molar-refractivity contribution in [2.75, 3.05) is 7.11 Å². The summed E-state index contributed by atoms with van der Waals surface area (Å²) in [5, 5.41) is 0. The van der Waals surface area contributed by atoms with Gasteiger partial charge in [-0.2, -0.15) is 0 Å². The Morgan fingerprint density at radius 3 is 1.20 bits per heavy atom. The number of hydrogen-bond donors (Lipinski definition) is 0. The second-order valence-corrected chi connectivity index (χ2v) is 0.862. The molecule has 15 heavy (non-hydrogen) atoms. The Balaban J connectivity index is -0.0000000194. The van der Waals surface area contributed by atoms with Gasteiger partial charge in [-0.1, -0.05) is 0 Å². The second-order valence-electron chi connectivity index (χ2n) is 0.862. The largest absolute Gasteiger partial charge is 0 e. The van der Waals surface area contributed by atoms with Crippen LogP contribution in [0, 0.1) is 26.6 Å². The van der Waals surface area contributed by atoms with E-state index in [1.165, 1.54) is 7.11 Å². The molecule has 0 aliphatic heterocycles. The van der Waals surface area contributed by atoms with E-state index in [1.54, 1.807) is 12.9 Å². The molecule has 0 radical (unpaired) electrons. The molecular formula is C8H6CrO6. The Morgan fingerprint density at radius 1 is 1.00 bits per heavy atom. The SMILES string of the molecule is COC(C)=C=O.[C-]#[O+].[C-]#[O+].[C-]#[O+].[C-]#[O+].[Cr]. The molecule has 0 heterocycles. The normalized spacial score (nSPS) is 3.07. The molecule has 0 bridgehead atoms. The fourth-order valence-electron chi connectivity index (χ4n) is 0.0417. The maximum absolute atomic E-state index is 9.45. The zero-order chi connectivity index (χ0) is 13.0. The van der Waals surface area contributed by atoms with E-state index < -0.39 is 0 Å². The molecule has 6 nitrogen and oxygen atoms in total. The fraction of sp³-hybridized carbons (Fsp3) is 0.250. The first kappa shape index (κ1) is 37.2. The van der Waals surface area contributed by atoms with Crippen LogP contribution in [0.1, 0.15) is 6.92 Å². The van der Waals surface area contributed by atoms with Crippen molar-refractivity contribution in [2.45, 2.75) is 6.92 Å². The predicted octanol–water partition coefficient (Wildman–Crippen LogP) is 0.216. The Kier molecular flexibility index (Phi) is 311. The van der Waals surface area contributed by atoms with E-state index in [0.717, 1.165) is 0 Å². The maximum Gasteiger partial charge on any atom is 0 e. The molecule has 0 aliphatic rings. The van der Waals surface area contributed by atoms with Crippen molar-refractivity contribution in [3.63, 3.8) is 0 Å². The molecule has 80 valence electrons. The van der Waals surface area contributed by atoms with Crippen molar-refractivity contribution >= 4 is 5.94 Å². The maximum atomic E-state index is 9.45. The molecule has 0 aromatic rings. The molecule has 0 aliphatic carbocycles. The zero-order valence-corrected chi connectivity index (χ0v) is 9.13. The van der Waals surface area contributed by atoms with Crippen molar-refractivity contribution in [1.82, 2.24) is 0 Å². The monoisotopic (exact) mass is 250 g/mol. The van der Waals surface area contributed by atoms with Gasteiger partial charge in [-0.3, -0.25) is 0 Å². The number of methoxy groups -OCH3 is 1. The minimum Gasteiger partial charge on any atom is 0 e. The molecule has 0 atom stereocenters. The number of rotatable bonds is 1.